The van der Waals surface area contributed by atoms with Gasteiger partial charge in [0.1, 0.15) is 6.04 Å². The lowest BCUT2D eigenvalue weighted by Crippen LogP contribution is -2.33. The van der Waals surface area contributed by atoms with Crippen molar-refractivity contribution in [2.75, 3.05) is 13.3 Å². The van der Waals surface area contributed by atoms with Crippen molar-refractivity contribution in [2.24, 2.45) is 0 Å². The first-order valence-corrected chi connectivity index (χ1v) is 8.00. The summed E-state index contributed by atoms with van der Waals surface area (Å²) in [5.74, 6) is 0.622. The Morgan fingerprint density at radius 2 is 2.18 bits per heavy atom. The van der Waals surface area contributed by atoms with Gasteiger partial charge in [-0.3, -0.25) is 9.69 Å². The second-order valence-corrected chi connectivity index (χ2v) is 5.83. The Bertz CT molecular complexity index is 656. The highest BCUT2D eigenvalue weighted by molar-refractivity contribution is 7.08. The number of hydrogen-bond acceptors (Lipinski definition) is 5. The van der Waals surface area contributed by atoms with Gasteiger partial charge in [0.25, 0.3) is 0 Å². The maximum Gasteiger partial charge on any atom is 0.325 e. The molecule has 0 amide bonds. The molecule has 6 heteroatoms. The van der Waals surface area contributed by atoms with Crippen LogP contribution in [0, 0.1) is 0 Å². The molecule has 22 heavy (non-hydrogen) atoms. The second kappa shape index (κ2) is 6.37. The molecule has 0 saturated carbocycles. The molecule has 0 fully saturated rings. The number of fused-ring (bicyclic) bond motifs is 1. The van der Waals surface area contributed by atoms with Crippen molar-refractivity contribution < 1.29 is 19.4 Å². The van der Waals surface area contributed by atoms with Crippen molar-refractivity contribution in [3.63, 3.8) is 0 Å². The van der Waals surface area contributed by atoms with E-state index in [9.17, 15) is 9.90 Å². The molecule has 1 N–H and O–H groups in total. The molecule has 0 aliphatic carbocycles. The zero-order valence-electron chi connectivity index (χ0n) is 12.2. The maximum absolute atomic E-state index is 11.7. The second-order valence-electron chi connectivity index (χ2n) is 5.05. The number of thiophene rings is 1. The average Bonchev–Trinajstić information content (AvgIpc) is 3.16. The summed E-state index contributed by atoms with van der Waals surface area (Å²) in [6, 6.07) is 6.96. The summed E-state index contributed by atoms with van der Waals surface area (Å²) in [6.45, 7) is 3.39. The van der Waals surface area contributed by atoms with E-state index >= 15 is 0 Å². The standard InChI is InChI=1S/C16H17NO4S/c1-2-17(15(16(18)19)12-5-6-22-9-12)8-11-3-4-13-14(7-11)21-10-20-13/h3-7,9,15H,2,8,10H2,1H3,(H,18,19). The van der Waals surface area contributed by atoms with E-state index in [2.05, 4.69) is 0 Å². The van der Waals surface area contributed by atoms with E-state index in [4.69, 9.17) is 9.47 Å². The zero-order chi connectivity index (χ0) is 15.5. The molecule has 0 saturated heterocycles. The number of carboxylic acid groups (broad SMARTS) is 1. The highest BCUT2D eigenvalue weighted by atomic mass is 32.1. The highest BCUT2D eigenvalue weighted by Crippen LogP contribution is 2.33. The minimum atomic E-state index is -0.832. The lowest BCUT2D eigenvalue weighted by atomic mass is 10.1. The van der Waals surface area contributed by atoms with E-state index in [1.807, 2.05) is 46.8 Å². The third-order valence-electron chi connectivity index (χ3n) is 3.69. The summed E-state index contributed by atoms with van der Waals surface area (Å²) in [4.78, 5) is 13.6. The highest BCUT2D eigenvalue weighted by Gasteiger charge is 2.27. The summed E-state index contributed by atoms with van der Waals surface area (Å²) < 4.78 is 10.7. The zero-order valence-corrected chi connectivity index (χ0v) is 13.0. The predicted molar refractivity (Wildman–Crippen MR) is 83.3 cm³/mol. The Labute approximate surface area is 132 Å². The predicted octanol–water partition coefficient (Wildman–Crippen LogP) is 3.12. The third-order valence-corrected chi connectivity index (χ3v) is 4.39. The van der Waals surface area contributed by atoms with Crippen LogP contribution in [0.1, 0.15) is 24.1 Å². The fourth-order valence-electron chi connectivity index (χ4n) is 2.60. The number of rotatable bonds is 6. The Hall–Kier alpha value is -2.05. The van der Waals surface area contributed by atoms with E-state index < -0.39 is 12.0 Å². The first-order chi connectivity index (χ1) is 10.7. The molecule has 3 rings (SSSR count). The van der Waals surface area contributed by atoms with Crippen molar-refractivity contribution in [1.82, 2.24) is 4.90 Å². The molecule has 1 atom stereocenters. The van der Waals surface area contributed by atoms with Crippen LogP contribution in [-0.2, 0) is 11.3 Å². The molecular weight excluding hydrogens is 302 g/mol. The van der Waals surface area contributed by atoms with Crippen LogP contribution in [0.15, 0.2) is 35.0 Å². The number of hydrogen-bond donors (Lipinski definition) is 1. The minimum Gasteiger partial charge on any atom is -0.480 e. The van der Waals surface area contributed by atoms with E-state index in [0.717, 1.165) is 22.6 Å². The quantitative estimate of drug-likeness (QED) is 0.886. The van der Waals surface area contributed by atoms with Gasteiger partial charge in [-0.05, 0) is 46.6 Å². The molecular formula is C16H17NO4S. The van der Waals surface area contributed by atoms with Crippen molar-refractivity contribution in [2.45, 2.75) is 19.5 Å². The lowest BCUT2D eigenvalue weighted by Gasteiger charge is -2.27. The average molecular weight is 319 g/mol. The van der Waals surface area contributed by atoms with Crippen LogP contribution >= 0.6 is 11.3 Å². The van der Waals surface area contributed by atoms with Crippen LogP contribution in [-0.4, -0.2) is 29.3 Å². The number of carboxylic acids is 1. The number of carbonyl (C=O) groups is 1. The van der Waals surface area contributed by atoms with Gasteiger partial charge in [0.05, 0.1) is 0 Å². The first kappa shape index (κ1) is 14.9. The van der Waals surface area contributed by atoms with Gasteiger partial charge in [-0.25, -0.2) is 0 Å². The van der Waals surface area contributed by atoms with Gasteiger partial charge in [-0.1, -0.05) is 13.0 Å². The van der Waals surface area contributed by atoms with E-state index in [-0.39, 0.29) is 6.79 Å². The van der Waals surface area contributed by atoms with Crippen LogP contribution in [0.2, 0.25) is 0 Å². The Morgan fingerprint density at radius 3 is 2.86 bits per heavy atom. The van der Waals surface area contributed by atoms with Crippen LogP contribution in [0.5, 0.6) is 11.5 Å². The number of nitrogens with zero attached hydrogens (tertiary/aromatic N) is 1. The molecule has 2 heterocycles. The van der Waals surface area contributed by atoms with E-state index in [0.29, 0.717) is 13.1 Å². The number of likely N-dealkylation sites (N-methyl/N-ethyl adjacent to an activating group) is 1. The normalized spacial score (nSPS) is 14.3. The van der Waals surface area contributed by atoms with E-state index in [1.54, 1.807) is 0 Å². The van der Waals surface area contributed by atoms with Crippen LogP contribution in [0.4, 0.5) is 0 Å². The summed E-state index contributed by atoms with van der Waals surface area (Å²) >= 11 is 1.51. The van der Waals surface area contributed by atoms with Crippen LogP contribution in [0.25, 0.3) is 0 Å². The molecule has 1 aromatic carbocycles. The molecule has 1 aliphatic rings. The first-order valence-electron chi connectivity index (χ1n) is 7.06. The summed E-state index contributed by atoms with van der Waals surface area (Å²) in [5, 5.41) is 13.4. The molecule has 0 spiro atoms. The van der Waals surface area contributed by atoms with E-state index in [1.165, 1.54) is 11.3 Å². The van der Waals surface area contributed by atoms with Gasteiger partial charge in [0.15, 0.2) is 11.5 Å². The molecule has 5 nitrogen and oxygen atoms in total. The fourth-order valence-corrected chi connectivity index (χ4v) is 3.28. The van der Waals surface area contributed by atoms with Crippen LogP contribution < -0.4 is 9.47 Å². The van der Waals surface area contributed by atoms with Crippen molar-refractivity contribution in [3.05, 3.63) is 46.2 Å². The van der Waals surface area contributed by atoms with Crippen molar-refractivity contribution in [3.8, 4) is 11.5 Å². The SMILES string of the molecule is CCN(Cc1ccc2c(c1)OCO2)C(C(=O)O)c1ccsc1. The lowest BCUT2D eigenvalue weighted by molar-refractivity contribution is -0.143. The molecule has 0 bridgehead atoms. The molecule has 116 valence electrons. The Balaban J connectivity index is 1.82. The fraction of sp³-hybridized carbons (Fsp3) is 0.312. The minimum absolute atomic E-state index is 0.239. The van der Waals surface area contributed by atoms with Gasteiger partial charge >= 0.3 is 5.97 Å². The number of ether oxygens (including phenoxy) is 2. The van der Waals surface area contributed by atoms with Gasteiger partial charge in [-0.2, -0.15) is 11.3 Å². The third kappa shape index (κ3) is 2.93. The van der Waals surface area contributed by atoms with Gasteiger partial charge in [-0.15, -0.1) is 0 Å². The summed E-state index contributed by atoms with van der Waals surface area (Å²) in [7, 11) is 0. The largest absolute Gasteiger partial charge is 0.480 e. The molecule has 2 aromatic rings. The topological polar surface area (TPSA) is 59.0 Å². The van der Waals surface area contributed by atoms with Gasteiger partial charge in [0, 0.05) is 6.54 Å². The molecule has 1 aromatic heterocycles. The monoisotopic (exact) mass is 319 g/mol. The molecule has 1 unspecified atom stereocenters. The smallest absolute Gasteiger partial charge is 0.325 e. The molecule has 1 aliphatic heterocycles. The van der Waals surface area contributed by atoms with Crippen molar-refractivity contribution >= 4 is 17.3 Å². The summed E-state index contributed by atoms with van der Waals surface area (Å²) in [5.41, 5.74) is 1.83. The Morgan fingerprint density at radius 1 is 1.36 bits per heavy atom. The van der Waals surface area contributed by atoms with Crippen molar-refractivity contribution in [1.29, 1.82) is 0 Å². The van der Waals surface area contributed by atoms with Gasteiger partial charge < -0.3 is 14.6 Å². The van der Waals surface area contributed by atoms with Crippen LogP contribution in [0.3, 0.4) is 0 Å². The maximum atomic E-state index is 11.7. The van der Waals surface area contributed by atoms with Gasteiger partial charge in [0.2, 0.25) is 6.79 Å². The summed E-state index contributed by atoms with van der Waals surface area (Å²) in [6.07, 6.45) is 0. The molecule has 0 radical (unpaired) electrons. The number of aliphatic carboxylic acids is 1. The Kier molecular flexibility index (Phi) is 4.31. The number of benzene rings is 1.